The molecule has 36 heavy (non-hydrogen) atoms. The molecule has 0 spiro atoms. The fourth-order valence-corrected chi connectivity index (χ4v) is 3.85. The van der Waals surface area contributed by atoms with Gasteiger partial charge in [-0.15, -0.1) is 0 Å². The average Bonchev–Trinajstić information content (AvgIpc) is 3.26. The maximum absolute atomic E-state index is 11.8. The highest BCUT2D eigenvalue weighted by Crippen LogP contribution is 2.43. The van der Waals surface area contributed by atoms with Crippen molar-refractivity contribution >= 4 is 17.1 Å². The number of carbonyl (C=O) groups excluding carboxylic acids is 1. The molecule has 188 valence electrons. The molecule has 4 rings (SSSR count). The molecule has 0 N–H and O–H groups in total. The summed E-state index contributed by atoms with van der Waals surface area (Å²) in [5.41, 5.74) is 4.05. The molecule has 0 bridgehead atoms. The zero-order chi connectivity index (χ0) is 25.5. The number of esters is 1. The molecule has 7 heteroatoms. The molecule has 4 aromatic rings. The van der Waals surface area contributed by atoms with Gasteiger partial charge in [0.1, 0.15) is 29.7 Å². The first kappa shape index (κ1) is 25.4. The highest BCUT2D eigenvalue weighted by Gasteiger charge is 2.23. The maximum Gasteiger partial charge on any atom is 0.332 e. The van der Waals surface area contributed by atoms with Crippen LogP contribution in [0.25, 0.3) is 33.6 Å². The number of ether oxygens (including phenoxy) is 3. The fourth-order valence-electron chi connectivity index (χ4n) is 3.85. The standard InChI is InChI=1S/C29H32N2O5/c1-5-20-12-14-21(15-13-20)24-25-27(34-17-9-16-33-18-23(32)36-29(2,3)4)30-19-31-28(25)35-26(24)22-10-7-6-8-11-22/h6-8,10-15,19H,5,9,16-18H2,1-4H3. The Hall–Kier alpha value is -3.71. The van der Waals surface area contributed by atoms with Crippen LogP contribution in [0.1, 0.15) is 39.7 Å². The van der Waals surface area contributed by atoms with Gasteiger partial charge in [-0.3, -0.25) is 0 Å². The Morgan fingerprint density at radius 2 is 1.69 bits per heavy atom. The molecular weight excluding hydrogens is 456 g/mol. The van der Waals surface area contributed by atoms with Gasteiger partial charge in [0, 0.05) is 17.5 Å². The number of aryl methyl sites for hydroxylation is 1. The van der Waals surface area contributed by atoms with Crippen LogP contribution in [0.15, 0.2) is 65.3 Å². The largest absolute Gasteiger partial charge is 0.477 e. The first-order chi connectivity index (χ1) is 17.4. The Morgan fingerprint density at radius 3 is 2.39 bits per heavy atom. The summed E-state index contributed by atoms with van der Waals surface area (Å²) in [7, 11) is 0. The minimum absolute atomic E-state index is 0.0882. The topological polar surface area (TPSA) is 83.7 Å². The van der Waals surface area contributed by atoms with Gasteiger partial charge < -0.3 is 18.6 Å². The van der Waals surface area contributed by atoms with E-state index in [0.29, 0.717) is 31.2 Å². The lowest BCUT2D eigenvalue weighted by Crippen LogP contribution is -2.26. The van der Waals surface area contributed by atoms with Crippen molar-refractivity contribution in [3.05, 3.63) is 66.5 Å². The monoisotopic (exact) mass is 488 g/mol. The molecule has 0 saturated carbocycles. The first-order valence-corrected chi connectivity index (χ1v) is 12.2. The number of furan rings is 1. The van der Waals surface area contributed by atoms with Crippen LogP contribution in [0.4, 0.5) is 0 Å². The second kappa shape index (κ2) is 11.4. The van der Waals surface area contributed by atoms with Crippen LogP contribution in [0.5, 0.6) is 5.88 Å². The van der Waals surface area contributed by atoms with Gasteiger partial charge in [-0.2, -0.15) is 0 Å². The van der Waals surface area contributed by atoms with E-state index >= 15 is 0 Å². The van der Waals surface area contributed by atoms with E-state index in [9.17, 15) is 4.79 Å². The van der Waals surface area contributed by atoms with Gasteiger partial charge in [0.2, 0.25) is 11.6 Å². The van der Waals surface area contributed by atoms with Crippen molar-refractivity contribution in [2.24, 2.45) is 0 Å². The van der Waals surface area contributed by atoms with Crippen LogP contribution in [0, 0.1) is 0 Å². The van der Waals surface area contributed by atoms with Crippen molar-refractivity contribution < 1.29 is 23.4 Å². The second-order valence-electron chi connectivity index (χ2n) is 9.42. The van der Waals surface area contributed by atoms with Crippen LogP contribution in [0.2, 0.25) is 0 Å². The predicted molar refractivity (Wildman–Crippen MR) is 139 cm³/mol. The highest BCUT2D eigenvalue weighted by atomic mass is 16.6. The second-order valence-corrected chi connectivity index (χ2v) is 9.42. The average molecular weight is 489 g/mol. The van der Waals surface area contributed by atoms with Crippen molar-refractivity contribution in [1.29, 1.82) is 0 Å². The molecule has 0 amide bonds. The molecule has 0 aliphatic heterocycles. The lowest BCUT2D eigenvalue weighted by atomic mass is 9.98. The van der Waals surface area contributed by atoms with Gasteiger partial charge in [0.05, 0.1) is 13.2 Å². The summed E-state index contributed by atoms with van der Waals surface area (Å²) < 4.78 is 23.0. The van der Waals surface area contributed by atoms with Crippen molar-refractivity contribution in [2.45, 2.75) is 46.1 Å². The van der Waals surface area contributed by atoms with E-state index < -0.39 is 5.60 Å². The Morgan fingerprint density at radius 1 is 0.944 bits per heavy atom. The fraction of sp³-hybridized carbons (Fsp3) is 0.345. The molecule has 0 atom stereocenters. The van der Waals surface area contributed by atoms with E-state index in [1.54, 1.807) is 0 Å². The first-order valence-electron chi connectivity index (χ1n) is 12.2. The van der Waals surface area contributed by atoms with Crippen LogP contribution < -0.4 is 4.74 Å². The Bertz CT molecular complexity index is 1290. The number of hydrogen-bond acceptors (Lipinski definition) is 7. The minimum atomic E-state index is -0.528. The van der Waals surface area contributed by atoms with Gasteiger partial charge in [0.15, 0.2) is 0 Å². The Labute approximate surface area is 211 Å². The molecule has 0 fully saturated rings. The van der Waals surface area contributed by atoms with Gasteiger partial charge in [0.25, 0.3) is 0 Å². The number of hydrogen-bond donors (Lipinski definition) is 0. The molecule has 7 nitrogen and oxygen atoms in total. The number of carbonyl (C=O) groups is 1. The van der Waals surface area contributed by atoms with Crippen LogP contribution in [0.3, 0.4) is 0 Å². The predicted octanol–water partition coefficient (Wildman–Crippen LogP) is 6.25. The summed E-state index contributed by atoms with van der Waals surface area (Å²) in [5, 5.41) is 0.732. The van der Waals surface area contributed by atoms with Crippen molar-refractivity contribution in [3.63, 3.8) is 0 Å². The van der Waals surface area contributed by atoms with Crippen molar-refractivity contribution in [1.82, 2.24) is 9.97 Å². The van der Waals surface area contributed by atoms with Gasteiger partial charge in [-0.25, -0.2) is 14.8 Å². The quantitative estimate of drug-likeness (QED) is 0.193. The minimum Gasteiger partial charge on any atom is -0.477 e. The van der Waals surface area contributed by atoms with Crippen LogP contribution in [-0.4, -0.2) is 41.4 Å². The van der Waals surface area contributed by atoms with Crippen molar-refractivity contribution in [3.8, 4) is 28.3 Å². The number of nitrogens with zero attached hydrogens (tertiary/aromatic N) is 2. The number of aromatic nitrogens is 2. The molecule has 2 aromatic carbocycles. The van der Waals surface area contributed by atoms with E-state index in [1.807, 2.05) is 51.1 Å². The summed E-state index contributed by atoms with van der Waals surface area (Å²) in [6.45, 7) is 8.25. The van der Waals surface area contributed by atoms with E-state index in [0.717, 1.165) is 34.3 Å². The molecular formula is C29H32N2O5. The third-order valence-electron chi connectivity index (χ3n) is 5.45. The van der Waals surface area contributed by atoms with Gasteiger partial charge in [-0.05, 0) is 38.3 Å². The number of rotatable bonds is 10. The zero-order valence-corrected chi connectivity index (χ0v) is 21.2. The molecule has 2 heterocycles. The molecule has 0 aliphatic rings. The van der Waals surface area contributed by atoms with E-state index in [2.05, 4.69) is 41.2 Å². The van der Waals surface area contributed by atoms with E-state index in [1.165, 1.54) is 11.9 Å². The maximum atomic E-state index is 11.8. The van der Waals surface area contributed by atoms with E-state index in [4.69, 9.17) is 18.6 Å². The number of fused-ring (bicyclic) bond motifs is 1. The van der Waals surface area contributed by atoms with Crippen LogP contribution >= 0.6 is 0 Å². The third-order valence-corrected chi connectivity index (χ3v) is 5.45. The normalized spacial score (nSPS) is 11.6. The molecule has 0 radical (unpaired) electrons. The molecule has 0 saturated heterocycles. The smallest absolute Gasteiger partial charge is 0.332 e. The highest BCUT2D eigenvalue weighted by molar-refractivity contribution is 6.03. The van der Waals surface area contributed by atoms with Crippen LogP contribution in [-0.2, 0) is 20.7 Å². The molecule has 2 aromatic heterocycles. The Balaban J connectivity index is 1.54. The van der Waals surface area contributed by atoms with Gasteiger partial charge in [-0.1, -0.05) is 61.5 Å². The SMILES string of the molecule is CCc1ccc(-c2c(-c3ccccc3)oc3ncnc(OCCCOCC(=O)OC(C)(C)C)c23)cc1. The molecule has 0 unspecified atom stereocenters. The van der Waals surface area contributed by atoms with E-state index in [-0.39, 0.29) is 12.6 Å². The lowest BCUT2D eigenvalue weighted by molar-refractivity contribution is -0.160. The van der Waals surface area contributed by atoms with Crippen molar-refractivity contribution in [2.75, 3.05) is 19.8 Å². The Kier molecular flexibility index (Phi) is 8.00. The summed E-state index contributed by atoms with van der Waals surface area (Å²) in [5.74, 6) is 0.792. The third kappa shape index (κ3) is 6.29. The van der Waals surface area contributed by atoms with Gasteiger partial charge >= 0.3 is 5.97 Å². The summed E-state index contributed by atoms with van der Waals surface area (Å²) >= 11 is 0. The summed E-state index contributed by atoms with van der Waals surface area (Å²) in [6, 6.07) is 18.4. The summed E-state index contributed by atoms with van der Waals surface area (Å²) in [6.07, 6.45) is 2.99. The zero-order valence-electron chi connectivity index (χ0n) is 21.2. The number of benzene rings is 2. The summed E-state index contributed by atoms with van der Waals surface area (Å²) in [4.78, 5) is 20.6. The lowest BCUT2D eigenvalue weighted by Gasteiger charge is -2.19. The molecule has 0 aliphatic carbocycles.